The minimum Gasteiger partial charge on any atom is -0.267 e. The van der Waals surface area contributed by atoms with E-state index in [0.29, 0.717) is 12.1 Å². The summed E-state index contributed by atoms with van der Waals surface area (Å²) in [5, 5.41) is 13.4. The van der Waals surface area contributed by atoms with E-state index in [2.05, 4.69) is 44.1 Å². The summed E-state index contributed by atoms with van der Waals surface area (Å²) in [5.74, 6) is 0. The number of aryl methyl sites for hydroxylation is 3. The molecule has 0 bridgehead atoms. The van der Waals surface area contributed by atoms with Gasteiger partial charge in [0.05, 0.1) is 18.2 Å². The van der Waals surface area contributed by atoms with Crippen molar-refractivity contribution in [1.29, 1.82) is 5.26 Å². The van der Waals surface area contributed by atoms with E-state index in [1.54, 1.807) is 6.07 Å². The van der Waals surface area contributed by atoms with E-state index in [0.717, 1.165) is 24.1 Å². The summed E-state index contributed by atoms with van der Waals surface area (Å²) >= 11 is 0. The fourth-order valence-electron chi connectivity index (χ4n) is 2.31. The average molecular weight is 295 g/mol. The van der Waals surface area contributed by atoms with Crippen molar-refractivity contribution in [3.8, 4) is 17.3 Å². The highest BCUT2D eigenvalue weighted by Crippen LogP contribution is 2.20. The highest BCUT2D eigenvalue weighted by atomic mass is 16.1. The lowest BCUT2D eigenvalue weighted by molar-refractivity contribution is 0.541. The normalized spacial score (nSPS) is 10.5. The SMILES string of the molecule is CCCCn1nc(-c2ccc(C)c(C)c2)cc(CC#N)c1=O. The van der Waals surface area contributed by atoms with Gasteiger partial charge < -0.3 is 0 Å². The zero-order valence-corrected chi connectivity index (χ0v) is 13.4. The van der Waals surface area contributed by atoms with Crippen LogP contribution in [0.15, 0.2) is 29.1 Å². The van der Waals surface area contributed by atoms with E-state index in [1.165, 1.54) is 15.8 Å². The fourth-order valence-corrected chi connectivity index (χ4v) is 2.31. The third kappa shape index (κ3) is 3.43. The van der Waals surface area contributed by atoms with Crippen LogP contribution in [0.2, 0.25) is 0 Å². The molecule has 2 aromatic rings. The van der Waals surface area contributed by atoms with Crippen molar-refractivity contribution in [2.45, 2.75) is 46.6 Å². The maximum Gasteiger partial charge on any atom is 0.271 e. The Morgan fingerprint density at radius 1 is 1.23 bits per heavy atom. The number of rotatable bonds is 5. The third-order valence-corrected chi connectivity index (χ3v) is 3.84. The number of hydrogen-bond acceptors (Lipinski definition) is 3. The number of unbranched alkanes of at least 4 members (excludes halogenated alkanes) is 1. The van der Waals surface area contributed by atoms with Crippen molar-refractivity contribution < 1.29 is 0 Å². The minimum atomic E-state index is -0.150. The lowest BCUT2D eigenvalue weighted by Gasteiger charge is -2.10. The Labute approximate surface area is 131 Å². The Balaban J connectivity index is 2.55. The number of benzene rings is 1. The summed E-state index contributed by atoms with van der Waals surface area (Å²) in [5.41, 5.74) is 4.51. The molecule has 4 heteroatoms. The third-order valence-electron chi connectivity index (χ3n) is 3.84. The molecule has 0 aliphatic heterocycles. The average Bonchev–Trinajstić information content (AvgIpc) is 2.51. The van der Waals surface area contributed by atoms with Crippen LogP contribution in [-0.4, -0.2) is 9.78 Å². The molecular weight excluding hydrogens is 274 g/mol. The first-order valence-electron chi connectivity index (χ1n) is 7.62. The molecule has 0 aliphatic carbocycles. The first-order chi connectivity index (χ1) is 10.6. The topological polar surface area (TPSA) is 58.7 Å². The molecule has 2 rings (SSSR count). The minimum absolute atomic E-state index is 0.116. The fraction of sp³-hybridized carbons (Fsp3) is 0.389. The van der Waals surface area contributed by atoms with Crippen LogP contribution in [0.1, 0.15) is 36.5 Å². The van der Waals surface area contributed by atoms with Gasteiger partial charge in [0.2, 0.25) is 0 Å². The Morgan fingerprint density at radius 2 is 2.00 bits per heavy atom. The van der Waals surface area contributed by atoms with Crippen molar-refractivity contribution in [2.24, 2.45) is 0 Å². The molecule has 1 aromatic carbocycles. The molecule has 22 heavy (non-hydrogen) atoms. The number of nitriles is 1. The van der Waals surface area contributed by atoms with Crippen molar-refractivity contribution in [3.63, 3.8) is 0 Å². The quantitative estimate of drug-likeness (QED) is 0.849. The van der Waals surface area contributed by atoms with E-state index < -0.39 is 0 Å². The standard InChI is InChI=1S/C18H21N3O/c1-4-5-10-21-18(22)16(8-9-19)12-17(20-21)15-7-6-13(2)14(3)11-15/h6-7,11-12H,4-5,8,10H2,1-3H3. The molecule has 114 valence electrons. The van der Waals surface area contributed by atoms with Gasteiger partial charge in [0, 0.05) is 17.7 Å². The molecule has 1 heterocycles. The van der Waals surface area contributed by atoms with Gasteiger partial charge in [0.1, 0.15) is 0 Å². The van der Waals surface area contributed by atoms with E-state index in [1.807, 2.05) is 6.07 Å². The summed E-state index contributed by atoms with van der Waals surface area (Å²) in [4.78, 5) is 12.3. The van der Waals surface area contributed by atoms with Gasteiger partial charge in [-0.2, -0.15) is 10.4 Å². The van der Waals surface area contributed by atoms with Crippen LogP contribution in [0, 0.1) is 25.2 Å². The van der Waals surface area contributed by atoms with E-state index >= 15 is 0 Å². The van der Waals surface area contributed by atoms with Gasteiger partial charge >= 0.3 is 0 Å². The predicted octanol–water partition coefficient (Wildman–Crippen LogP) is 3.39. The van der Waals surface area contributed by atoms with Gasteiger partial charge in [-0.05, 0) is 43.5 Å². The lowest BCUT2D eigenvalue weighted by Crippen LogP contribution is -2.26. The van der Waals surface area contributed by atoms with Crippen molar-refractivity contribution in [2.75, 3.05) is 0 Å². The molecule has 0 saturated heterocycles. The highest BCUT2D eigenvalue weighted by Gasteiger charge is 2.10. The van der Waals surface area contributed by atoms with Crippen LogP contribution in [0.3, 0.4) is 0 Å². The molecule has 0 saturated carbocycles. The van der Waals surface area contributed by atoms with Gasteiger partial charge in [-0.25, -0.2) is 4.68 Å². The van der Waals surface area contributed by atoms with Gasteiger partial charge in [0.25, 0.3) is 5.56 Å². The maximum absolute atomic E-state index is 12.3. The molecular formula is C18H21N3O. The molecule has 1 aromatic heterocycles. The molecule has 4 nitrogen and oxygen atoms in total. The van der Waals surface area contributed by atoms with Gasteiger partial charge in [-0.1, -0.05) is 25.5 Å². The first kappa shape index (κ1) is 16.0. The van der Waals surface area contributed by atoms with Crippen LogP contribution < -0.4 is 5.56 Å². The molecule has 0 N–H and O–H groups in total. The van der Waals surface area contributed by atoms with Gasteiger partial charge in [0.15, 0.2) is 0 Å². The Kier molecular flexibility index (Phi) is 5.11. The maximum atomic E-state index is 12.3. The smallest absolute Gasteiger partial charge is 0.267 e. The number of aromatic nitrogens is 2. The van der Waals surface area contributed by atoms with Crippen molar-refractivity contribution >= 4 is 0 Å². The van der Waals surface area contributed by atoms with Crippen LogP contribution in [0.4, 0.5) is 0 Å². The zero-order valence-electron chi connectivity index (χ0n) is 13.4. The Hall–Kier alpha value is -2.41. The summed E-state index contributed by atoms with van der Waals surface area (Å²) in [7, 11) is 0. The van der Waals surface area contributed by atoms with Crippen molar-refractivity contribution in [3.05, 3.63) is 51.3 Å². The molecule has 0 fully saturated rings. The molecule has 0 amide bonds. The van der Waals surface area contributed by atoms with E-state index in [9.17, 15) is 4.79 Å². The highest BCUT2D eigenvalue weighted by molar-refractivity contribution is 5.61. The summed E-state index contributed by atoms with van der Waals surface area (Å²) in [6.07, 6.45) is 2.01. The molecule has 0 atom stereocenters. The molecule has 0 unspecified atom stereocenters. The predicted molar refractivity (Wildman–Crippen MR) is 87.6 cm³/mol. The van der Waals surface area contributed by atoms with Gasteiger partial charge in [-0.15, -0.1) is 0 Å². The molecule has 0 aliphatic rings. The summed E-state index contributed by atoms with van der Waals surface area (Å²) in [6.45, 7) is 6.79. The van der Waals surface area contributed by atoms with Crippen LogP contribution in [0.5, 0.6) is 0 Å². The summed E-state index contributed by atoms with van der Waals surface area (Å²) < 4.78 is 1.50. The lowest BCUT2D eigenvalue weighted by atomic mass is 10.0. The van der Waals surface area contributed by atoms with Crippen LogP contribution in [0.25, 0.3) is 11.3 Å². The second kappa shape index (κ2) is 7.04. The van der Waals surface area contributed by atoms with Crippen LogP contribution >= 0.6 is 0 Å². The zero-order chi connectivity index (χ0) is 16.1. The second-order valence-corrected chi connectivity index (χ2v) is 5.57. The Bertz CT molecular complexity index is 769. The summed E-state index contributed by atoms with van der Waals surface area (Å²) in [6, 6.07) is 9.95. The number of hydrogen-bond donors (Lipinski definition) is 0. The van der Waals surface area contributed by atoms with E-state index in [4.69, 9.17) is 5.26 Å². The second-order valence-electron chi connectivity index (χ2n) is 5.57. The molecule has 0 spiro atoms. The monoisotopic (exact) mass is 295 g/mol. The van der Waals surface area contributed by atoms with Crippen LogP contribution in [-0.2, 0) is 13.0 Å². The largest absolute Gasteiger partial charge is 0.271 e. The molecule has 0 radical (unpaired) electrons. The van der Waals surface area contributed by atoms with E-state index in [-0.39, 0.29) is 12.0 Å². The van der Waals surface area contributed by atoms with Crippen molar-refractivity contribution in [1.82, 2.24) is 9.78 Å². The Morgan fingerprint density at radius 3 is 2.64 bits per heavy atom. The first-order valence-corrected chi connectivity index (χ1v) is 7.62. The van der Waals surface area contributed by atoms with Gasteiger partial charge in [-0.3, -0.25) is 4.79 Å². The number of nitrogens with zero attached hydrogens (tertiary/aromatic N) is 3.